The lowest BCUT2D eigenvalue weighted by molar-refractivity contribution is 0.0519. The molecule has 120 valence electrons. The number of rotatable bonds is 6. The van der Waals surface area contributed by atoms with Crippen LogP contribution in [0.4, 0.5) is 0 Å². The van der Waals surface area contributed by atoms with Crippen LogP contribution in [0.3, 0.4) is 0 Å². The SMILES string of the molecule is CCOC(=O)c1cccc(C=Cc2ccc(OC)c(OC)c2)n1. The van der Waals surface area contributed by atoms with E-state index >= 15 is 0 Å². The van der Waals surface area contributed by atoms with Crippen LogP contribution in [0.1, 0.15) is 28.7 Å². The fourth-order valence-electron chi connectivity index (χ4n) is 2.00. The van der Waals surface area contributed by atoms with Crippen LogP contribution < -0.4 is 9.47 Å². The van der Waals surface area contributed by atoms with Crippen LogP contribution in [0.2, 0.25) is 0 Å². The molecule has 0 aliphatic rings. The van der Waals surface area contributed by atoms with Gasteiger partial charge in [0.25, 0.3) is 0 Å². The van der Waals surface area contributed by atoms with E-state index in [1.807, 2.05) is 36.4 Å². The van der Waals surface area contributed by atoms with Crippen LogP contribution >= 0.6 is 0 Å². The Bertz CT molecular complexity index is 710. The lowest BCUT2D eigenvalue weighted by Crippen LogP contribution is -2.07. The van der Waals surface area contributed by atoms with Crippen molar-refractivity contribution < 1.29 is 19.0 Å². The zero-order valence-corrected chi connectivity index (χ0v) is 13.4. The van der Waals surface area contributed by atoms with Gasteiger partial charge in [0.1, 0.15) is 5.69 Å². The second-order valence-electron chi connectivity index (χ2n) is 4.62. The van der Waals surface area contributed by atoms with E-state index in [1.54, 1.807) is 33.3 Å². The monoisotopic (exact) mass is 313 g/mol. The number of esters is 1. The van der Waals surface area contributed by atoms with Gasteiger partial charge < -0.3 is 14.2 Å². The largest absolute Gasteiger partial charge is 0.493 e. The third kappa shape index (κ3) is 4.32. The first-order valence-corrected chi connectivity index (χ1v) is 7.22. The van der Waals surface area contributed by atoms with Crippen LogP contribution in [0.5, 0.6) is 11.5 Å². The summed E-state index contributed by atoms with van der Waals surface area (Å²) in [6, 6.07) is 10.8. The minimum absolute atomic E-state index is 0.293. The number of ether oxygens (including phenoxy) is 3. The average molecular weight is 313 g/mol. The molecule has 0 atom stereocenters. The maximum Gasteiger partial charge on any atom is 0.356 e. The summed E-state index contributed by atoms with van der Waals surface area (Å²) >= 11 is 0. The van der Waals surface area contributed by atoms with Gasteiger partial charge in [0.2, 0.25) is 0 Å². The van der Waals surface area contributed by atoms with E-state index in [1.165, 1.54) is 0 Å². The number of aromatic nitrogens is 1. The molecule has 0 fully saturated rings. The molecular weight excluding hydrogens is 294 g/mol. The Morgan fingerprint density at radius 2 is 1.87 bits per heavy atom. The molecular formula is C18H19NO4. The molecule has 5 heteroatoms. The molecule has 23 heavy (non-hydrogen) atoms. The normalized spacial score (nSPS) is 10.6. The van der Waals surface area contributed by atoms with Gasteiger partial charge in [0.05, 0.1) is 26.5 Å². The fraction of sp³-hybridized carbons (Fsp3) is 0.222. The molecule has 1 aromatic heterocycles. The fourth-order valence-corrected chi connectivity index (χ4v) is 2.00. The van der Waals surface area contributed by atoms with Gasteiger partial charge >= 0.3 is 5.97 Å². The van der Waals surface area contributed by atoms with Crippen molar-refractivity contribution in [1.29, 1.82) is 0 Å². The molecule has 2 rings (SSSR count). The van der Waals surface area contributed by atoms with Crippen molar-refractivity contribution in [2.75, 3.05) is 20.8 Å². The van der Waals surface area contributed by atoms with E-state index in [9.17, 15) is 4.79 Å². The van der Waals surface area contributed by atoms with E-state index in [-0.39, 0.29) is 0 Å². The highest BCUT2D eigenvalue weighted by Gasteiger charge is 2.07. The van der Waals surface area contributed by atoms with E-state index in [0.717, 1.165) is 5.56 Å². The minimum atomic E-state index is -0.422. The molecule has 5 nitrogen and oxygen atoms in total. The summed E-state index contributed by atoms with van der Waals surface area (Å²) in [4.78, 5) is 16.0. The van der Waals surface area contributed by atoms with Crippen LogP contribution in [0.25, 0.3) is 12.2 Å². The molecule has 0 amide bonds. The predicted octanol–water partition coefficient (Wildman–Crippen LogP) is 3.45. The number of carbonyl (C=O) groups is 1. The van der Waals surface area contributed by atoms with Crippen molar-refractivity contribution in [3.63, 3.8) is 0 Å². The van der Waals surface area contributed by atoms with Gasteiger partial charge in [-0.15, -0.1) is 0 Å². The first-order valence-electron chi connectivity index (χ1n) is 7.22. The van der Waals surface area contributed by atoms with Crippen LogP contribution in [-0.2, 0) is 4.74 Å². The first-order chi connectivity index (χ1) is 11.2. The number of carbonyl (C=O) groups excluding carboxylic acids is 1. The Hall–Kier alpha value is -2.82. The topological polar surface area (TPSA) is 57.7 Å². The standard InChI is InChI=1S/C18H19NO4/c1-4-23-18(20)15-7-5-6-14(19-15)10-8-13-9-11-16(21-2)17(12-13)22-3/h5-12H,4H2,1-3H3. The van der Waals surface area contributed by atoms with Gasteiger partial charge in [-0.05, 0) is 42.8 Å². The zero-order chi connectivity index (χ0) is 16.7. The highest BCUT2D eigenvalue weighted by molar-refractivity contribution is 5.87. The second-order valence-corrected chi connectivity index (χ2v) is 4.62. The van der Waals surface area contributed by atoms with Crippen molar-refractivity contribution in [2.24, 2.45) is 0 Å². The number of hydrogen-bond acceptors (Lipinski definition) is 5. The van der Waals surface area contributed by atoms with Crippen molar-refractivity contribution in [3.8, 4) is 11.5 Å². The van der Waals surface area contributed by atoms with Crippen LogP contribution in [0.15, 0.2) is 36.4 Å². The molecule has 0 aliphatic heterocycles. The number of benzene rings is 1. The number of methoxy groups -OCH3 is 2. The van der Waals surface area contributed by atoms with Gasteiger partial charge in [0.15, 0.2) is 11.5 Å². The summed E-state index contributed by atoms with van der Waals surface area (Å²) in [5.74, 6) is 0.906. The molecule has 0 aliphatic carbocycles. The molecule has 0 unspecified atom stereocenters. The average Bonchev–Trinajstić information content (AvgIpc) is 2.60. The van der Waals surface area contributed by atoms with Gasteiger partial charge in [0, 0.05) is 0 Å². The maximum absolute atomic E-state index is 11.7. The Morgan fingerprint density at radius 3 is 2.57 bits per heavy atom. The molecule has 0 saturated heterocycles. The second kappa shape index (κ2) is 7.98. The van der Waals surface area contributed by atoms with Crippen molar-refractivity contribution in [1.82, 2.24) is 4.98 Å². The molecule has 1 aromatic carbocycles. The Morgan fingerprint density at radius 1 is 1.09 bits per heavy atom. The third-order valence-corrected chi connectivity index (χ3v) is 3.11. The zero-order valence-electron chi connectivity index (χ0n) is 13.4. The highest BCUT2D eigenvalue weighted by Crippen LogP contribution is 2.28. The molecule has 1 heterocycles. The summed E-state index contributed by atoms with van der Waals surface area (Å²) in [5.41, 5.74) is 1.90. The van der Waals surface area contributed by atoms with E-state index in [0.29, 0.717) is 29.5 Å². The minimum Gasteiger partial charge on any atom is -0.493 e. The van der Waals surface area contributed by atoms with Gasteiger partial charge in [-0.3, -0.25) is 0 Å². The Balaban J connectivity index is 2.20. The molecule has 0 saturated carbocycles. The summed E-state index contributed by atoms with van der Waals surface area (Å²) in [6.45, 7) is 2.09. The number of pyridine rings is 1. The summed E-state index contributed by atoms with van der Waals surface area (Å²) in [5, 5.41) is 0. The Kier molecular flexibility index (Phi) is 5.74. The van der Waals surface area contributed by atoms with Crippen LogP contribution in [-0.4, -0.2) is 31.8 Å². The molecule has 0 spiro atoms. The Labute approximate surface area is 135 Å². The van der Waals surface area contributed by atoms with Crippen molar-refractivity contribution in [3.05, 3.63) is 53.3 Å². The van der Waals surface area contributed by atoms with Crippen LogP contribution in [0, 0.1) is 0 Å². The summed E-state index contributed by atoms with van der Waals surface area (Å²) in [7, 11) is 3.19. The predicted molar refractivity (Wildman–Crippen MR) is 88.7 cm³/mol. The first kappa shape index (κ1) is 16.5. The van der Waals surface area contributed by atoms with Gasteiger partial charge in [-0.1, -0.05) is 18.2 Å². The smallest absolute Gasteiger partial charge is 0.356 e. The van der Waals surface area contributed by atoms with E-state index in [2.05, 4.69) is 4.98 Å². The number of hydrogen-bond donors (Lipinski definition) is 0. The quantitative estimate of drug-likeness (QED) is 0.765. The van der Waals surface area contributed by atoms with Gasteiger partial charge in [-0.25, -0.2) is 9.78 Å². The molecule has 0 bridgehead atoms. The summed E-state index contributed by atoms with van der Waals surface area (Å²) in [6.07, 6.45) is 3.71. The lowest BCUT2D eigenvalue weighted by atomic mass is 10.1. The molecule has 2 aromatic rings. The van der Waals surface area contributed by atoms with E-state index in [4.69, 9.17) is 14.2 Å². The van der Waals surface area contributed by atoms with Gasteiger partial charge in [-0.2, -0.15) is 0 Å². The van der Waals surface area contributed by atoms with Crippen molar-refractivity contribution >= 4 is 18.1 Å². The van der Waals surface area contributed by atoms with Crippen molar-refractivity contribution in [2.45, 2.75) is 6.92 Å². The molecule has 0 N–H and O–H groups in total. The summed E-state index contributed by atoms with van der Waals surface area (Å²) < 4.78 is 15.4. The number of nitrogens with zero attached hydrogens (tertiary/aromatic N) is 1. The third-order valence-electron chi connectivity index (χ3n) is 3.11. The maximum atomic E-state index is 11.7. The lowest BCUT2D eigenvalue weighted by Gasteiger charge is -2.07. The molecule has 0 radical (unpaired) electrons. The highest BCUT2D eigenvalue weighted by atomic mass is 16.5. The van der Waals surface area contributed by atoms with E-state index < -0.39 is 5.97 Å².